The minimum atomic E-state index is 0.0800. The molecule has 1 aliphatic rings. The average molecular weight is 403 g/mol. The fraction of sp³-hybridized carbons (Fsp3) is 0.158. The van der Waals surface area contributed by atoms with Gasteiger partial charge in [-0.3, -0.25) is 5.41 Å². The molecule has 0 spiro atoms. The zero-order valence-corrected chi connectivity index (χ0v) is 16.1. The van der Waals surface area contributed by atoms with Gasteiger partial charge in [0.15, 0.2) is 0 Å². The minimum absolute atomic E-state index is 0.0800. The highest BCUT2D eigenvalue weighted by Crippen LogP contribution is 2.35. The molecule has 0 radical (unpaired) electrons. The molecule has 2 heterocycles. The van der Waals surface area contributed by atoms with Crippen LogP contribution in [-0.2, 0) is 7.05 Å². The number of aliphatic hydroxyl groups is 1. The molecule has 2 aromatic carbocycles. The third kappa shape index (κ3) is 2.81. The van der Waals surface area contributed by atoms with Gasteiger partial charge in [0.2, 0.25) is 0 Å². The number of imidazole rings is 1. The molecule has 0 atom stereocenters. The van der Waals surface area contributed by atoms with Crippen molar-refractivity contribution in [3.63, 3.8) is 0 Å². The van der Waals surface area contributed by atoms with Crippen molar-refractivity contribution in [2.75, 3.05) is 18.6 Å². The largest absolute Gasteiger partial charge is 0.509 e. The van der Waals surface area contributed by atoms with Crippen LogP contribution in [-0.4, -0.2) is 34.1 Å². The van der Waals surface area contributed by atoms with Crippen molar-refractivity contribution >= 4 is 51.3 Å². The number of fused-ring (bicyclic) bond motifs is 1. The zero-order valence-electron chi connectivity index (χ0n) is 14.6. The monoisotopic (exact) mass is 402 g/mol. The van der Waals surface area contributed by atoms with E-state index in [4.69, 9.17) is 33.3 Å². The predicted molar refractivity (Wildman–Crippen MR) is 108 cm³/mol. The van der Waals surface area contributed by atoms with Gasteiger partial charge in [-0.2, -0.15) is 0 Å². The highest BCUT2D eigenvalue weighted by molar-refractivity contribution is 6.42. The van der Waals surface area contributed by atoms with E-state index in [-0.39, 0.29) is 18.1 Å². The van der Waals surface area contributed by atoms with Gasteiger partial charge < -0.3 is 19.3 Å². The van der Waals surface area contributed by atoms with Crippen LogP contribution in [0.1, 0.15) is 5.82 Å². The SMILES string of the molecule is COc1ccc2c(c1)nc(C1=C(O)CN(c3ccc(Cl)c(Cl)c3)C1=N)n2C. The van der Waals surface area contributed by atoms with Crippen molar-refractivity contribution in [1.29, 1.82) is 5.41 Å². The summed E-state index contributed by atoms with van der Waals surface area (Å²) in [4.78, 5) is 6.27. The van der Waals surface area contributed by atoms with Crippen LogP contribution in [0.2, 0.25) is 10.0 Å². The number of hydrogen-bond donors (Lipinski definition) is 2. The second-order valence-electron chi connectivity index (χ2n) is 6.20. The van der Waals surface area contributed by atoms with E-state index in [0.29, 0.717) is 32.9 Å². The molecule has 1 aromatic heterocycles. The standard InChI is InChI=1S/C19H16Cl2N4O2/c1-24-15-6-4-11(27-2)8-14(15)23-19(24)17-16(26)9-25(18(17)22)10-3-5-12(20)13(21)7-10/h3-8,22,26H,9H2,1-2H3. The van der Waals surface area contributed by atoms with Crippen molar-refractivity contribution in [3.8, 4) is 5.75 Å². The van der Waals surface area contributed by atoms with Gasteiger partial charge >= 0.3 is 0 Å². The summed E-state index contributed by atoms with van der Waals surface area (Å²) >= 11 is 12.1. The maximum Gasteiger partial charge on any atom is 0.148 e. The van der Waals surface area contributed by atoms with Crippen molar-refractivity contribution in [1.82, 2.24) is 9.55 Å². The Kier molecular flexibility index (Phi) is 4.25. The molecule has 4 rings (SSSR count). The summed E-state index contributed by atoms with van der Waals surface area (Å²) in [6.45, 7) is 0.165. The number of aryl methyl sites for hydroxylation is 1. The van der Waals surface area contributed by atoms with Crippen LogP contribution in [0.4, 0.5) is 5.69 Å². The minimum Gasteiger partial charge on any atom is -0.509 e. The summed E-state index contributed by atoms with van der Waals surface area (Å²) in [5.41, 5.74) is 2.68. The Morgan fingerprint density at radius 2 is 1.93 bits per heavy atom. The summed E-state index contributed by atoms with van der Waals surface area (Å²) < 4.78 is 7.10. The van der Waals surface area contributed by atoms with E-state index in [1.54, 1.807) is 30.2 Å². The number of methoxy groups -OCH3 is 1. The van der Waals surface area contributed by atoms with Crippen LogP contribution in [0.3, 0.4) is 0 Å². The van der Waals surface area contributed by atoms with Crippen LogP contribution in [0.15, 0.2) is 42.2 Å². The number of halogens is 2. The van der Waals surface area contributed by atoms with E-state index >= 15 is 0 Å². The molecule has 0 aliphatic carbocycles. The number of benzene rings is 2. The Balaban J connectivity index is 1.77. The number of amidine groups is 1. The van der Waals surface area contributed by atoms with Crippen LogP contribution in [0, 0.1) is 5.41 Å². The third-order valence-corrected chi connectivity index (χ3v) is 5.37. The maximum absolute atomic E-state index is 10.6. The first kappa shape index (κ1) is 17.7. The maximum atomic E-state index is 10.6. The van der Waals surface area contributed by atoms with Gasteiger partial charge in [0.05, 0.1) is 40.3 Å². The zero-order chi connectivity index (χ0) is 19.3. The summed E-state index contributed by atoms with van der Waals surface area (Å²) in [7, 11) is 3.45. The van der Waals surface area contributed by atoms with E-state index in [1.165, 1.54) is 0 Å². The molecule has 27 heavy (non-hydrogen) atoms. The number of aromatic nitrogens is 2. The lowest BCUT2D eigenvalue weighted by molar-refractivity contribution is 0.411. The number of anilines is 1. The molecule has 0 bridgehead atoms. The van der Waals surface area contributed by atoms with Crippen molar-refractivity contribution in [2.24, 2.45) is 7.05 Å². The fourth-order valence-electron chi connectivity index (χ4n) is 3.22. The normalized spacial score (nSPS) is 14.5. The molecule has 0 saturated carbocycles. The van der Waals surface area contributed by atoms with Crippen molar-refractivity contribution < 1.29 is 9.84 Å². The molecule has 0 amide bonds. The van der Waals surface area contributed by atoms with Gasteiger partial charge in [-0.15, -0.1) is 0 Å². The van der Waals surface area contributed by atoms with E-state index in [2.05, 4.69) is 4.98 Å². The molecular formula is C19H16Cl2N4O2. The van der Waals surface area contributed by atoms with E-state index in [9.17, 15) is 5.11 Å². The highest BCUT2D eigenvalue weighted by atomic mass is 35.5. The quantitative estimate of drug-likeness (QED) is 0.668. The Hall–Kier alpha value is -2.70. The van der Waals surface area contributed by atoms with E-state index < -0.39 is 0 Å². The molecule has 0 saturated heterocycles. The smallest absolute Gasteiger partial charge is 0.148 e. The first-order valence-corrected chi connectivity index (χ1v) is 8.90. The van der Waals surface area contributed by atoms with Crippen LogP contribution < -0.4 is 9.64 Å². The number of hydrogen-bond acceptors (Lipinski definition) is 4. The summed E-state index contributed by atoms with van der Waals surface area (Å²) in [5, 5.41) is 20.0. The van der Waals surface area contributed by atoms with Gasteiger partial charge in [0, 0.05) is 18.8 Å². The van der Waals surface area contributed by atoms with Crippen LogP contribution in [0.5, 0.6) is 5.75 Å². The van der Waals surface area contributed by atoms with Crippen LogP contribution >= 0.6 is 23.2 Å². The molecule has 8 heteroatoms. The van der Waals surface area contributed by atoms with Gasteiger partial charge in [-0.25, -0.2) is 4.98 Å². The summed E-state index contributed by atoms with van der Waals surface area (Å²) in [6, 6.07) is 10.7. The Morgan fingerprint density at radius 1 is 1.15 bits per heavy atom. The highest BCUT2D eigenvalue weighted by Gasteiger charge is 2.32. The average Bonchev–Trinajstić information content (AvgIpc) is 3.13. The van der Waals surface area contributed by atoms with Gasteiger partial charge in [0.1, 0.15) is 23.2 Å². The van der Waals surface area contributed by atoms with Crippen LogP contribution in [0.25, 0.3) is 16.6 Å². The lowest BCUT2D eigenvalue weighted by Crippen LogP contribution is -2.26. The fourth-order valence-corrected chi connectivity index (χ4v) is 3.51. The molecule has 3 aromatic rings. The molecule has 0 unspecified atom stereocenters. The predicted octanol–water partition coefficient (Wildman–Crippen LogP) is 4.66. The van der Waals surface area contributed by atoms with Gasteiger partial charge in [-0.05, 0) is 30.3 Å². The Labute approximate surface area is 165 Å². The first-order valence-electron chi connectivity index (χ1n) is 8.15. The second kappa shape index (κ2) is 6.48. The molecule has 1 aliphatic heterocycles. The number of ether oxygens (including phenoxy) is 1. The Bertz CT molecular complexity index is 1120. The summed E-state index contributed by atoms with van der Waals surface area (Å²) in [5.74, 6) is 1.44. The van der Waals surface area contributed by atoms with Crippen molar-refractivity contribution in [3.05, 3.63) is 58.0 Å². The van der Waals surface area contributed by atoms with Gasteiger partial charge in [0.25, 0.3) is 0 Å². The molecule has 6 nitrogen and oxygen atoms in total. The lowest BCUT2D eigenvalue weighted by Gasteiger charge is -2.19. The van der Waals surface area contributed by atoms with E-state index in [0.717, 1.165) is 11.0 Å². The Morgan fingerprint density at radius 3 is 2.63 bits per heavy atom. The second-order valence-corrected chi connectivity index (χ2v) is 7.02. The van der Waals surface area contributed by atoms with Gasteiger partial charge in [-0.1, -0.05) is 23.2 Å². The van der Waals surface area contributed by atoms with E-state index in [1.807, 2.05) is 29.8 Å². The molecule has 2 N–H and O–H groups in total. The topological polar surface area (TPSA) is 74.4 Å². The first-order chi connectivity index (χ1) is 12.9. The number of nitrogens with zero attached hydrogens (tertiary/aromatic N) is 3. The third-order valence-electron chi connectivity index (χ3n) is 4.63. The number of nitrogens with one attached hydrogen (secondary N) is 1. The molecular weight excluding hydrogens is 387 g/mol. The lowest BCUT2D eigenvalue weighted by atomic mass is 10.2. The molecule has 0 fully saturated rings. The summed E-state index contributed by atoms with van der Waals surface area (Å²) in [6.07, 6.45) is 0. The number of aliphatic hydroxyl groups excluding tert-OH is 1. The number of rotatable bonds is 3. The van der Waals surface area contributed by atoms with Crippen molar-refractivity contribution in [2.45, 2.75) is 0 Å². The molecule has 138 valence electrons.